The summed E-state index contributed by atoms with van der Waals surface area (Å²) in [6.07, 6.45) is 2.02. The highest BCUT2D eigenvalue weighted by Crippen LogP contribution is 2.59. The summed E-state index contributed by atoms with van der Waals surface area (Å²) >= 11 is 0. The number of benzene rings is 2. The van der Waals surface area contributed by atoms with Crippen LogP contribution in [-0.2, 0) is 15.4 Å². The van der Waals surface area contributed by atoms with Crippen LogP contribution in [0.15, 0.2) is 47.4 Å². The summed E-state index contributed by atoms with van der Waals surface area (Å²) in [4.78, 5) is 0.0470. The van der Waals surface area contributed by atoms with Crippen LogP contribution in [0.1, 0.15) is 18.4 Å². The van der Waals surface area contributed by atoms with Gasteiger partial charge in [0.1, 0.15) is 11.5 Å². The van der Waals surface area contributed by atoms with Gasteiger partial charge in [0.15, 0.2) is 0 Å². The van der Waals surface area contributed by atoms with E-state index in [0.29, 0.717) is 11.7 Å². The zero-order valence-corrected chi connectivity index (χ0v) is 16.6. The Hall–Kier alpha value is -2.39. The SMILES string of the molecule is COc1ccc(S(=O)(=O)Nc2ccccc2OC(F)F)cc1C12CNCCC1C2. The smallest absolute Gasteiger partial charge is 0.387 e. The number of hydrogen-bond acceptors (Lipinski definition) is 5. The van der Waals surface area contributed by atoms with E-state index in [1.807, 2.05) is 0 Å². The third kappa shape index (κ3) is 3.76. The molecule has 0 radical (unpaired) electrons. The molecule has 2 N–H and O–H groups in total. The van der Waals surface area contributed by atoms with Crippen molar-refractivity contribution in [1.29, 1.82) is 0 Å². The minimum absolute atomic E-state index is 0.0470. The Kier molecular flexibility index (Phi) is 5.12. The molecular formula is C20H22F2N2O4S. The molecule has 29 heavy (non-hydrogen) atoms. The zero-order chi connectivity index (χ0) is 20.6. The topological polar surface area (TPSA) is 76.7 Å². The lowest BCUT2D eigenvalue weighted by Crippen LogP contribution is -2.34. The Morgan fingerprint density at radius 2 is 2.00 bits per heavy atom. The molecule has 0 spiro atoms. The van der Waals surface area contributed by atoms with E-state index in [9.17, 15) is 17.2 Å². The van der Waals surface area contributed by atoms with Crippen LogP contribution in [0.2, 0.25) is 0 Å². The molecule has 4 rings (SSSR count). The third-order valence-electron chi connectivity index (χ3n) is 5.71. The van der Waals surface area contributed by atoms with Gasteiger partial charge in [0.05, 0.1) is 17.7 Å². The average Bonchev–Trinajstić information content (AvgIpc) is 3.44. The number of para-hydroxylation sites is 2. The van der Waals surface area contributed by atoms with Gasteiger partial charge < -0.3 is 14.8 Å². The Labute approximate surface area is 168 Å². The van der Waals surface area contributed by atoms with E-state index in [4.69, 9.17) is 4.74 Å². The van der Waals surface area contributed by atoms with Gasteiger partial charge >= 0.3 is 6.61 Å². The largest absolute Gasteiger partial charge is 0.496 e. The van der Waals surface area contributed by atoms with Gasteiger partial charge in [0, 0.05) is 17.5 Å². The summed E-state index contributed by atoms with van der Waals surface area (Å²) in [7, 11) is -2.45. The molecule has 0 aromatic heterocycles. The van der Waals surface area contributed by atoms with Gasteiger partial charge in [-0.1, -0.05) is 12.1 Å². The van der Waals surface area contributed by atoms with Gasteiger partial charge in [0.25, 0.3) is 10.0 Å². The zero-order valence-electron chi connectivity index (χ0n) is 15.8. The number of fused-ring (bicyclic) bond motifs is 1. The summed E-state index contributed by atoms with van der Waals surface area (Å²) < 4.78 is 63.5. The van der Waals surface area contributed by atoms with E-state index in [-0.39, 0.29) is 21.7 Å². The fraction of sp³-hybridized carbons (Fsp3) is 0.400. The molecule has 1 saturated heterocycles. The molecule has 1 saturated carbocycles. The number of rotatable bonds is 7. The summed E-state index contributed by atoms with van der Waals surface area (Å²) in [5, 5.41) is 3.38. The van der Waals surface area contributed by atoms with Gasteiger partial charge in [-0.3, -0.25) is 4.72 Å². The lowest BCUT2D eigenvalue weighted by molar-refractivity contribution is -0.0493. The number of alkyl halides is 2. The van der Waals surface area contributed by atoms with Crippen LogP contribution in [0, 0.1) is 5.92 Å². The minimum atomic E-state index is -4.02. The van der Waals surface area contributed by atoms with Crippen LogP contribution in [0.4, 0.5) is 14.5 Å². The first-order valence-corrected chi connectivity index (χ1v) is 10.8. The molecule has 1 aliphatic carbocycles. The average molecular weight is 424 g/mol. The van der Waals surface area contributed by atoms with Gasteiger partial charge in [-0.2, -0.15) is 8.78 Å². The minimum Gasteiger partial charge on any atom is -0.496 e. The van der Waals surface area contributed by atoms with Crippen molar-refractivity contribution in [2.24, 2.45) is 5.92 Å². The summed E-state index contributed by atoms with van der Waals surface area (Å²) in [6, 6.07) is 10.4. The molecule has 0 amide bonds. The van der Waals surface area contributed by atoms with E-state index in [0.717, 1.165) is 31.5 Å². The molecule has 2 aromatic carbocycles. The Morgan fingerprint density at radius 3 is 2.72 bits per heavy atom. The van der Waals surface area contributed by atoms with E-state index in [1.54, 1.807) is 19.2 Å². The maximum Gasteiger partial charge on any atom is 0.387 e. The fourth-order valence-electron chi connectivity index (χ4n) is 4.19. The molecule has 2 aromatic rings. The lowest BCUT2D eigenvalue weighted by Gasteiger charge is -2.25. The van der Waals surface area contributed by atoms with Crippen LogP contribution in [0.3, 0.4) is 0 Å². The molecule has 9 heteroatoms. The van der Waals surface area contributed by atoms with E-state index >= 15 is 0 Å². The van der Waals surface area contributed by atoms with E-state index in [2.05, 4.69) is 14.8 Å². The van der Waals surface area contributed by atoms with Crippen molar-refractivity contribution in [3.05, 3.63) is 48.0 Å². The second kappa shape index (κ2) is 7.46. The van der Waals surface area contributed by atoms with Gasteiger partial charge in [-0.05, 0) is 55.6 Å². The van der Waals surface area contributed by atoms with E-state index in [1.165, 1.54) is 30.3 Å². The van der Waals surface area contributed by atoms with Crippen molar-refractivity contribution in [2.75, 3.05) is 24.9 Å². The van der Waals surface area contributed by atoms with Crippen molar-refractivity contribution in [1.82, 2.24) is 5.32 Å². The van der Waals surface area contributed by atoms with Gasteiger partial charge in [-0.15, -0.1) is 0 Å². The molecule has 2 unspecified atom stereocenters. The molecule has 2 aliphatic rings. The molecule has 1 heterocycles. The predicted molar refractivity (Wildman–Crippen MR) is 104 cm³/mol. The number of piperidine rings is 1. The molecule has 156 valence electrons. The van der Waals surface area contributed by atoms with Crippen LogP contribution in [0.5, 0.6) is 11.5 Å². The standard InChI is InChI=1S/C20H22F2N2O4S/c1-27-17-7-6-14(10-15(17)20-11-13(20)8-9-23-12-20)29(25,26)24-16-4-2-3-5-18(16)28-19(21)22/h2-7,10,13,19,23-24H,8-9,11-12H2,1H3. The second-order valence-electron chi connectivity index (χ2n) is 7.36. The Balaban J connectivity index is 1.67. The molecule has 0 bridgehead atoms. The number of sulfonamides is 1. The summed E-state index contributed by atoms with van der Waals surface area (Å²) in [6.45, 7) is -1.33. The number of nitrogens with one attached hydrogen (secondary N) is 2. The Morgan fingerprint density at radius 1 is 1.21 bits per heavy atom. The fourth-order valence-corrected chi connectivity index (χ4v) is 5.28. The number of methoxy groups -OCH3 is 1. The number of hydrogen-bond donors (Lipinski definition) is 2. The van der Waals surface area contributed by atoms with Crippen molar-refractivity contribution in [3.8, 4) is 11.5 Å². The molecule has 2 atom stereocenters. The lowest BCUT2D eigenvalue weighted by atomic mass is 9.89. The first kappa shape index (κ1) is 19.9. The molecule has 2 fully saturated rings. The van der Waals surface area contributed by atoms with Crippen LogP contribution in [-0.4, -0.2) is 35.2 Å². The third-order valence-corrected chi connectivity index (χ3v) is 7.07. The molecule has 1 aliphatic heterocycles. The van der Waals surface area contributed by atoms with Crippen molar-refractivity contribution in [3.63, 3.8) is 0 Å². The predicted octanol–water partition coefficient (Wildman–Crippen LogP) is 3.35. The van der Waals surface area contributed by atoms with Crippen LogP contribution in [0.25, 0.3) is 0 Å². The monoisotopic (exact) mass is 424 g/mol. The second-order valence-corrected chi connectivity index (χ2v) is 9.05. The number of anilines is 1. The van der Waals surface area contributed by atoms with Crippen LogP contribution >= 0.6 is 0 Å². The van der Waals surface area contributed by atoms with Crippen molar-refractivity contribution in [2.45, 2.75) is 29.8 Å². The summed E-state index contributed by atoms with van der Waals surface area (Å²) in [5.41, 5.74) is 0.690. The highest BCUT2D eigenvalue weighted by molar-refractivity contribution is 7.92. The quantitative estimate of drug-likeness (QED) is 0.713. The maximum atomic E-state index is 13.0. The molecule has 6 nitrogen and oxygen atoms in total. The van der Waals surface area contributed by atoms with E-state index < -0.39 is 16.6 Å². The first-order chi connectivity index (χ1) is 13.9. The van der Waals surface area contributed by atoms with Crippen LogP contribution < -0.4 is 19.5 Å². The van der Waals surface area contributed by atoms with Gasteiger partial charge in [0.2, 0.25) is 0 Å². The molecular weight excluding hydrogens is 402 g/mol. The number of halogens is 2. The normalized spacial score (nSPS) is 23.4. The van der Waals surface area contributed by atoms with Crippen molar-refractivity contribution >= 4 is 15.7 Å². The first-order valence-electron chi connectivity index (χ1n) is 9.31. The highest BCUT2D eigenvalue weighted by Gasteiger charge is 2.57. The summed E-state index contributed by atoms with van der Waals surface area (Å²) in [5.74, 6) is 0.914. The Bertz CT molecular complexity index is 1020. The highest BCUT2D eigenvalue weighted by atomic mass is 32.2. The van der Waals surface area contributed by atoms with Gasteiger partial charge in [-0.25, -0.2) is 8.42 Å². The van der Waals surface area contributed by atoms with Crippen molar-refractivity contribution < 1.29 is 26.7 Å². The maximum absolute atomic E-state index is 13.0. The number of ether oxygens (including phenoxy) is 2.